The van der Waals surface area contributed by atoms with Gasteiger partial charge in [-0.05, 0) is 68.2 Å². The van der Waals surface area contributed by atoms with E-state index in [0.717, 1.165) is 37.9 Å². The number of aliphatic hydroxyl groups excluding tert-OH is 1. The van der Waals surface area contributed by atoms with E-state index >= 15 is 0 Å². The second kappa shape index (κ2) is 7.99. The maximum absolute atomic E-state index is 12.1. The zero-order valence-electron chi connectivity index (χ0n) is 14.3. The van der Waals surface area contributed by atoms with Crippen molar-refractivity contribution in [1.29, 1.82) is 0 Å². The number of carbonyl (C=O) groups excluding carboxylic acids is 1. The van der Waals surface area contributed by atoms with Crippen LogP contribution in [-0.4, -0.2) is 43.0 Å². The van der Waals surface area contributed by atoms with Gasteiger partial charge in [-0.1, -0.05) is 6.07 Å². The van der Waals surface area contributed by atoms with Crippen molar-refractivity contribution in [2.24, 2.45) is 0 Å². The average molecular weight is 333 g/mol. The summed E-state index contributed by atoms with van der Waals surface area (Å²) in [6.45, 7) is -0.0281. The van der Waals surface area contributed by atoms with E-state index in [1.807, 2.05) is 6.07 Å². The van der Waals surface area contributed by atoms with E-state index < -0.39 is 6.10 Å². The van der Waals surface area contributed by atoms with Crippen LogP contribution in [0.2, 0.25) is 0 Å². The lowest BCUT2D eigenvalue weighted by molar-refractivity contribution is -0.126. The Labute approximate surface area is 143 Å². The lowest BCUT2D eigenvalue weighted by Crippen LogP contribution is -2.52. The number of hydrogen-bond donors (Lipinski definition) is 2. The first-order chi connectivity index (χ1) is 11.7. The van der Waals surface area contributed by atoms with Crippen LogP contribution in [0.15, 0.2) is 18.2 Å². The number of carbonyl (C=O) groups is 1. The van der Waals surface area contributed by atoms with Gasteiger partial charge >= 0.3 is 0 Å². The topological polar surface area (TPSA) is 67.8 Å². The zero-order valence-corrected chi connectivity index (χ0v) is 14.3. The molecule has 0 aliphatic heterocycles. The fourth-order valence-electron chi connectivity index (χ4n) is 3.75. The van der Waals surface area contributed by atoms with Crippen molar-refractivity contribution in [1.82, 2.24) is 5.32 Å². The number of hydrogen-bond acceptors (Lipinski definition) is 4. The summed E-state index contributed by atoms with van der Waals surface area (Å²) in [7, 11) is 1.59. The van der Waals surface area contributed by atoms with Crippen LogP contribution in [0.1, 0.15) is 43.2 Å². The van der Waals surface area contributed by atoms with Crippen LogP contribution in [0.25, 0.3) is 0 Å². The van der Waals surface area contributed by atoms with Crippen LogP contribution in [0.5, 0.6) is 5.75 Å². The first-order valence-electron chi connectivity index (χ1n) is 8.92. The summed E-state index contributed by atoms with van der Waals surface area (Å²) in [6, 6.07) is 5.84. The third-order valence-corrected chi connectivity index (χ3v) is 5.14. The van der Waals surface area contributed by atoms with E-state index in [4.69, 9.17) is 9.47 Å². The lowest BCUT2D eigenvalue weighted by Gasteiger charge is -2.34. The highest BCUT2D eigenvalue weighted by molar-refractivity contribution is 5.78. The maximum Gasteiger partial charge on any atom is 0.258 e. The largest absolute Gasteiger partial charge is 0.484 e. The summed E-state index contributed by atoms with van der Waals surface area (Å²) in [6.07, 6.45) is 6.37. The monoisotopic (exact) mass is 333 g/mol. The van der Waals surface area contributed by atoms with E-state index in [0.29, 0.717) is 0 Å². The number of fused-ring (bicyclic) bond motifs is 1. The third kappa shape index (κ3) is 4.08. The van der Waals surface area contributed by atoms with Gasteiger partial charge in [-0.25, -0.2) is 0 Å². The average Bonchev–Trinajstić information content (AvgIpc) is 2.61. The van der Waals surface area contributed by atoms with E-state index in [1.54, 1.807) is 7.11 Å². The Balaban J connectivity index is 1.50. The Morgan fingerprint density at radius 3 is 2.79 bits per heavy atom. The molecule has 1 aromatic rings. The molecule has 1 aromatic carbocycles. The molecule has 3 rings (SSSR count). The molecule has 1 saturated carbocycles. The van der Waals surface area contributed by atoms with Gasteiger partial charge in [0.2, 0.25) is 0 Å². The van der Waals surface area contributed by atoms with Gasteiger partial charge in [0.05, 0.1) is 12.1 Å². The molecular weight excluding hydrogens is 306 g/mol. The van der Waals surface area contributed by atoms with E-state index in [2.05, 4.69) is 17.4 Å². The van der Waals surface area contributed by atoms with Gasteiger partial charge in [0, 0.05) is 7.11 Å². The molecular formula is C19H27NO4. The lowest BCUT2D eigenvalue weighted by atomic mass is 9.90. The molecule has 1 fully saturated rings. The van der Waals surface area contributed by atoms with Crippen LogP contribution < -0.4 is 10.1 Å². The molecule has 0 aromatic heterocycles. The number of methoxy groups -OCH3 is 1. The molecule has 5 nitrogen and oxygen atoms in total. The molecule has 0 unspecified atom stereocenters. The molecule has 0 heterocycles. The molecule has 0 saturated heterocycles. The molecule has 3 atom stereocenters. The van der Waals surface area contributed by atoms with Crippen LogP contribution in [-0.2, 0) is 22.4 Å². The van der Waals surface area contributed by atoms with Crippen molar-refractivity contribution >= 4 is 5.91 Å². The van der Waals surface area contributed by atoms with Gasteiger partial charge in [0.15, 0.2) is 6.61 Å². The molecule has 0 radical (unpaired) electrons. The predicted octanol–water partition coefficient (Wildman–Crippen LogP) is 1.99. The van der Waals surface area contributed by atoms with Gasteiger partial charge in [-0.2, -0.15) is 0 Å². The van der Waals surface area contributed by atoms with Gasteiger partial charge in [-0.15, -0.1) is 0 Å². The number of amides is 1. The van der Waals surface area contributed by atoms with Crippen LogP contribution in [0.4, 0.5) is 0 Å². The molecule has 2 aliphatic carbocycles. The summed E-state index contributed by atoms with van der Waals surface area (Å²) in [5.74, 6) is 0.540. The quantitative estimate of drug-likeness (QED) is 0.865. The molecule has 2 aliphatic rings. The van der Waals surface area contributed by atoms with Gasteiger partial charge in [0.25, 0.3) is 5.91 Å². The summed E-state index contributed by atoms with van der Waals surface area (Å²) in [5, 5.41) is 13.1. The third-order valence-electron chi connectivity index (χ3n) is 5.14. The highest BCUT2D eigenvalue weighted by Gasteiger charge is 2.32. The number of rotatable bonds is 5. The Hall–Kier alpha value is -1.59. The number of aryl methyl sites for hydroxylation is 2. The Bertz CT molecular complexity index is 574. The fraction of sp³-hybridized carbons (Fsp3) is 0.632. The molecule has 1 amide bonds. The van der Waals surface area contributed by atoms with Gasteiger partial charge in [0.1, 0.15) is 11.9 Å². The zero-order chi connectivity index (χ0) is 16.9. The van der Waals surface area contributed by atoms with Crippen molar-refractivity contribution in [3.05, 3.63) is 29.3 Å². The van der Waals surface area contributed by atoms with E-state index in [-0.39, 0.29) is 24.7 Å². The fourth-order valence-corrected chi connectivity index (χ4v) is 3.75. The Morgan fingerprint density at radius 2 is 2.00 bits per heavy atom. The SMILES string of the molecule is CO[C@@H]1CCC[C@@H](NC(=O)COc2ccc3c(c2)CCCC3)[C@H]1O. The summed E-state index contributed by atoms with van der Waals surface area (Å²) < 4.78 is 10.9. The summed E-state index contributed by atoms with van der Waals surface area (Å²) in [5.41, 5.74) is 2.73. The summed E-state index contributed by atoms with van der Waals surface area (Å²) >= 11 is 0. The number of nitrogens with one attached hydrogen (secondary N) is 1. The van der Waals surface area contributed by atoms with Crippen LogP contribution >= 0.6 is 0 Å². The molecule has 0 bridgehead atoms. The molecule has 24 heavy (non-hydrogen) atoms. The number of aliphatic hydroxyl groups is 1. The predicted molar refractivity (Wildman–Crippen MR) is 91.2 cm³/mol. The van der Waals surface area contributed by atoms with Crippen molar-refractivity contribution in [2.75, 3.05) is 13.7 Å². The van der Waals surface area contributed by atoms with Crippen LogP contribution in [0, 0.1) is 0 Å². The second-order valence-corrected chi connectivity index (χ2v) is 6.80. The van der Waals surface area contributed by atoms with Crippen molar-refractivity contribution in [3.8, 4) is 5.75 Å². The minimum atomic E-state index is -0.656. The first kappa shape index (κ1) is 17.2. The van der Waals surface area contributed by atoms with E-state index in [9.17, 15) is 9.90 Å². The molecule has 5 heteroatoms. The minimum absolute atomic E-state index is 0.0281. The number of benzene rings is 1. The molecule has 132 valence electrons. The minimum Gasteiger partial charge on any atom is -0.484 e. The molecule has 2 N–H and O–H groups in total. The highest BCUT2D eigenvalue weighted by Crippen LogP contribution is 2.25. The smallest absolute Gasteiger partial charge is 0.258 e. The summed E-state index contributed by atoms with van der Waals surface area (Å²) in [4.78, 5) is 12.1. The standard InChI is InChI=1S/C19H27NO4/c1-23-17-8-4-7-16(19(17)22)20-18(21)12-24-15-10-9-13-5-2-3-6-14(13)11-15/h9-11,16-17,19,22H,2-8,12H2,1H3,(H,20,21)/t16-,17-,19-/m1/s1. The van der Waals surface area contributed by atoms with Gasteiger partial charge in [-0.3, -0.25) is 4.79 Å². The normalized spacial score (nSPS) is 26.5. The van der Waals surface area contributed by atoms with Gasteiger partial charge < -0.3 is 19.9 Å². The number of ether oxygens (including phenoxy) is 2. The highest BCUT2D eigenvalue weighted by atomic mass is 16.5. The second-order valence-electron chi connectivity index (χ2n) is 6.80. The first-order valence-corrected chi connectivity index (χ1v) is 8.92. The van der Waals surface area contributed by atoms with Crippen molar-refractivity contribution < 1.29 is 19.4 Å². The van der Waals surface area contributed by atoms with Crippen molar-refractivity contribution in [2.45, 2.75) is 63.2 Å². The maximum atomic E-state index is 12.1. The Morgan fingerprint density at radius 1 is 1.21 bits per heavy atom. The Kier molecular flexibility index (Phi) is 5.74. The van der Waals surface area contributed by atoms with Crippen LogP contribution in [0.3, 0.4) is 0 Å². The van der Waals surface area contributed by atoms with E-state index in [1.165, 1.54) is 24.0 Å². The van der Waals surface area contributed by atoms with Crippen molar-refractivity contribution in [3.63, 3.8) is 0 Å². The molecule has 0 spiro atoms.